The molecule has 102 valence electrons. The SMILES string of the molecule is CCNC(CCCC(F)(F)F)CC1OCCO1. The third kappa shape index (κ3) is 6.85. The van der Waals surface area contributed by atoms with Crippen LogP contribution in [0.15, 0.2) is 0 Å². The molecule has 0 aromatic carbocycles. The molecule has 0 bridgehead atoms. The van der Waals surface area contributed by atoms with E-state index in [0.29, 0.717) is 26.1 Å². The lowest BCUT2D eigenvalue weighted by molar-refractivity contribution is -0.136. The summed E-state index contributed by atoms with van der Waals surface area (Å²) in [4.78, 5) is 0. The minimum Gasteiger partial charge on any atom is -0.350 e. The normalized spacial score (nSPS) is 19.8. The molecule has 0 aromatic rings. The minimum atomic E-state index is -4.06. The Morgan fingerprint density at radius 1 is 1.29 bits per heavy atom. The first kappa shape index (κ1) is 14.7. The molecule has 1 heterocycles. The van der Waals surface area contributed by atoms with E-state index in [0.717, 1.165) is 6.54 Å². The van der Waals surface area contributed by atoms with Crippen LogP contribution < -0.4 is 5.32 Å². The van der Waals surface area contributed by atoms with Gasteiger partial charge in [0.05, 0.1) is 13.2 Å². The highest BCUT2D eigenvalue weighted by Crippen LogP contribution is 2.23. The summed E-state index contributed by atoms with van der Waals surface area (Å²) >= 11 is 0. The summed E-state index contributed by atoms with van der Waals surface area (Å²) in [6.07, 6.45) is -3.78. The van der Waals surface area contributed by atoms with Gasteiger partial charge in [-0.3, -0.25) is 0 Å². The van der Waals surface area contributed by atoms with E-state index in [1.807, 2.05) is 6.92 Å². The molecular weight excluding hydrogens is 235 g/mol. The molecule has 0 spiro atoms. The fourth-order valence-corrected chi connectivity index (χ4v) is 1.92. The van der Waals surface area contributed by atoms with Crippen LogP contribution in [0.4, 0.5) is 13.2 Å². The lowest BCUT2D eigenvalue weighted by Gasteiger charge is -2.20. The third-order valence-corrected chi connectivity index (χ3v) is 2.67. The smallest absolute Gasteiger partial charge is 0.350 e. The van der Waals surface area contributed by atoms with Crippen LogP contribution in [-0.4, -0.2) is 38.3 Å². The monoisotopic (exact) mass is 255 g/mol. The van der Waals surface area contributed by atoms with E-state index in [-0.39, 0.29) is 18.8 Å². The van der Waals surface area contributed by atoms with Crippen LogP contribution in [0.3, 0.4) is 0 Å². The Morgan fingerprint density at radius 3 is 2.47 bits per heavy atom. The van der Waals surface area contributed by atoms with Crippen molar-refractivity contribution in [3.8, 4) is 0 Å². The lowest BCUT2D eigenvalue weighted by atomic mass is 10.1. The first-order valence-corrected chi connectivity index (χ1v) is 6.04. The van der Waals surface area contributed by atoms with E-state index in [1.54, 1.807) is 0 Å². The number of nitrogens with one attached hydrogen (secondary N) is 1. The van der Waals surface area contributed by atoms with Gasteiger partial charge in [0.25, 0.3) is 0 Å². The van der Waals surface area contributed by atoms with Crippen molar-refractivity contribution in [3.05, 3.63) is 0 Å². The van der Waals surface area contributed by atoms with Gasteiger partial charge >= 0.3 is 6.18 Å². The third-order valence-electron chi connectivity index (χ3n) is 2.67. The zero-order valence-electron chi connectivity index (χ0n) is 10.1. The predicted octanol–water partition coefficient (Wildman–Crippen LogP) is 2.46. The van der Waals surface area contributed by atoms with E-state index in [4.69, 9.17) is 9.47 Å². The minimum absolute atomic E-state index is 0.0328. The summed E-state index contributed by atoms with van der Waals surface area (Å²) in [5, 5.41) is 3.17. The van der Waals surface area contributed by atoms with Crippen LogP contribution in [0, 0.1) is 0 Å². The molecule has 1 rings (SSSR count). The average Bonchev–Trinajstić information content (AvgIpc) is 2.68. The number of halogens is 3. The standard InChI is InChI=1S/C11H20F3NO2/c1-2-15-9(4-3-5-11(12,13)14)8-10-16-6-7-17-10/h9-10,15H,2-8H2,1H3. The van der Waals surface area contributed by atoms with Gasteiger partial charge < -0.3 is 14.8 Å². The Kier molecular flexibility index (Phi) is 6.22. The number of alkyl halides is 3. The van der Waals surface area contributed by atoms with Crippen molar-refractivity contribution in [1.82, 2.24) is 5.32 Å². The summed E-state index contributed by atoms with van der Waals surface area (Å²) in [5.41, 5.74) is 0. The average molecular weight is 255 g/mol. The quantitative estimate of drug-likeness (QED) is 0.758. The van der Waals surface area contributed by atoms with Gasteiger partial charge in [-0.05, 0) is 19.4 Å². The van der Waals surface area contributed by atoms with Crippen molar-refractivity contribution in [1.29, 1.82) is 0 Å². The number of ether oxygens (including phenoxy) is 2. The van der Waals surface area contributed by atoms with Gasteiger partial charge in [0.15, 0.2) is 6.29 Å². The van der Waals surface area contributed by atoms with Crippen molar-refractivity contribution >= 4 is 0 Å². The molecule has 1 fully saturated rings. The fraction of sp³-hybridized carbons (Fsp3) is 1.00. The maximum atomic E-state index is 12.0. The molecule has 1 saturated heterocycles. The molecule has 1 aliphatic heterocycles. The van der Waals surface area contributed by atoms with E-state index >= 15 is 0 Å². The molecule has 17 heavy (non-hydrogen) atoms. The Balaban J connectivity index is 2.22. The van der Waals surface area contributed by atoms with Crippen molar-refractivity contribution < 1.29 is 22.6 Å². The van der Waals surface area contributed by atoms with Gasteiger partial charge in [-0.1, -0.05) is 6.92 Å². The van der Waals surface area contributed by atoms with E-state index < -0.39 is 12.6 Å². The molecule has 0 amide bonds. The molecule has 1 N–H and O–H groups in total. The maximum absolute atomic E-state index is 12.0. The van der Waals surface area contributed by atoms with E-state index in [9.17, 15) is 13.2 Å². The Labute approximate surface area is 99.7 Å². The zero-order valence-corrected chi connectivity index (χ0v) is 10.1. The highest BCUT2D eigenvalue weighted by atomic mass is 19.4. The molecule has 1 aliphatic rings. The Morgan fingerprint density at radius 2 is 1.94 bits per heavy atom. The van der Waals surface area contributed by atoms with Crippen molar-refractivity contribution in [2.75, 3.05) is 19.8 Å². The van der Waals surface area contributed by atoms with Crippen LogP contribution in [0.1, 0.15) is 32.6 Å². The molecule has 1 unspecified atom stereocenters. The van der Waals surface area contributed by atoms with Crippen LogP contribution in [-0.2, 0) is 9.47 Å². The summed E-state index contributed by atoms with van der Waals surface area (Å²) < 4.78 is 46.7. The molecule has 0 radical (unpaired) electrons. The summed E-state index contributed by atoms with van der Waals surface area (Å²) in [5.74, 6) is 0. The van der Waals surface area contributed by atoms with Crippen LogP contribution in [0.25, 0.3) is 0 Å². The largest absolute Gasteiger partial charge is 0.389 e. The molecule has 0 aliphatic carbocycles. The van der Waals surface area contributed by atoms with Crippen LogP contribution in [0.2, 0.25) is 0 Å². The van der Waals surface area contributed by atoms with Gasteiger partial charge in [-0.25, -0.2) is 0 Å². The van der Waals surface area contributed by atoms with Crippen molar-refractivity contribution in [3.63, 3.8) is 0 Å². The summed E-state index contributed by atoms with van der Waals surface area (Å²) in [7, 11) is 0. The first-order valence-electron chi connectivity index (χ1n) is 6.04. The van der Waals surface area contributed by atoms with Crippen molar-refractivity contribution in [2.24, 2.45) is 0 Å². The molecule has 1 atom stereocenters. The summed E-state index contributed by atoms with van der Waals surface area (Å²) in [6, 6.07) is 0.0328. The van der Waals surface area contributed by atoms with Gasteiger partial charge in [-0.15, -0.1) is 0 Å². The predicted molar refractivity (Wildman–Crippen MR) is 57.7 cm³/mol. The van der Waals surface area contributed by atoms with Gasteiger partial charge in [0.1, 0.15) is 0 Å². The highest BCUT2D eigenvalue weighted by Gasteiger charge is 2.27. The fourth-order valence-electron chi connectivity index (χ4n) is 1.92. The first-order chi connectivity index (χ1) is 8.01. The molecular formula is C11H20F3NO2. The highest BCUT2D eigenvalue weighted by molar-refractivity contribution is 4.70. The van der Waals surface area contributed by atoms with E-state index in [2.05, 4.69) is 5.32 Å². The van der Waals surface area contributed by atoms with Gasteiger partial charge in [0, 0.05) is 18.9 Å². The zero-order chi connectivity index (χ0) is 12.7. The Hall–Kier alpha value is -0.330. The van der Waals surface area contributed by atoms with Crippen molar-refractivity contribution in [2.45, 2.75) is 51.1 Å². The molecule has 0 saturated carbocycles. The second-order valence-electron chi connectivity index (χ2n) is 4.17. The number of rotatable bonds is 7. The van der Waals surface area contributed by atoms with Crippen LogP contribution in [0.5, 0.6) is 0 Å². The molecule has 0 aromatic heterocycles. The van der Waals surface area contributed by atoms with E-state index in [1.165, 1.54) is 0 Å². The maximum Gasteiger partial charge on any atom is 0.389 e. The van der Waals surface area contributed by atoms with Gasteiger partial charge in [-0.2, -0.15) is 13.2 Å². The van der Waals surface area contributed by atoms with Gasteiger partial charge in [0.2, 0.25) is 0 Å². The number of hydrogen-bond donors (Lipinski definition) is 1. The second kappa shape index (κ2) is 7.18. The summed E-state index contributed by atoms with van der Waals surface area (Å²) in [6.45, 7) is 3.83. The lowest BCUT2D eigenvalue weighted by Crippen LogP contribution is -2.33. The van der Waals surface area contributed by atoms with Crippen LogP contribution >= 0.6 is 0 Å². The topological polar surface area (TPSA) is 30.5 Å². The Bertz CT molecular complexity index is 205. The molecule has 3 nitrogen and oxygen atoms in total. The second-order valence-corrected chi connectivity index (χ2v) is 4.17. The molecule has 6 heteroatoms. The number of hydrogen-bond acceptors (Lipinski definition) is 3.